The Morgan fingerprint density at radius 2 is 0.630 bits per heavy atom. The van der Waals surface area contributed by atoms with Gasteiger partial charge in [-0.15, -0.1) is 0 Å². The van der Waals surface area contributed by atoms with Gasteiger partial charge in [0.05, 0.1) is 11.0 Å². The van der Waals surface area contributed by atoms with Crippen molar-refractivity contribution in [3.05, 3.63) is 328 Å². The fraction of sp³-hybridized carbons (Fsp3) is 0.0137. The first-order valence-electron chi connectivity index (χ1n) is 26.9. The minimum atomic E-state index is -2.60. The molecule has 0 radical (unpaired) electrons. The van der Waals surface area contributed by atoms with E-state index < -0.39 is 16.1 Å². The van der Waals surface area contributed by atoms with Crippen LogP contribution in [0.3, 0.4) is 0 Å². The smallest absolute Gasteiger partial charge is 0.179 e. The molecule has 0 aliphatic rings. The number of benzene rings is 12. The van der Waals surface area contributed by atoms with E-state index in [2.05, 4.69) is 390 Å². The van der Waals surface area contributed by atoms with Gasteiger partial charge in [-0.2, -0.15) is 0 Å². The number of rotatable bonds is 9. The largest absolute Gasteiger partial charge is 0.355 e. The SMILES string of the molecule is Brc1ccc(-n2c3ccccc3c3cc([Si](c4ccccc4)(c4ccccc4)c4ccccc4)ccc32)cc1.Brc1ccc(I)cc1.CI.c1ccc([Si](c2ccccc2)(c2ccccc2)c2ccc3[nH]c4ccccc4c3c2)cc1. The normalized spacial score (nSPS) is 11.3. The molecule has 0 amide bonds. The van der Waals surface area contributed by atoms with Crippen molar-refractivity contribution in [1.82, 2.24) is 9.55 Å². The highest BCUT2D eigenvalue weighted by Gasteiger charge is 2.43. The van der Waals surface area contributed by atoms with Crippen molar-refractivity contribution in [2.45, 2.75) is 0 Å². The molecule has 0 aliphatic heterocycles. The molecule has 14 aromatic rings. The second kappa shape index (κ2) is 25.9. The molecule has 8 heteroatoms. The average molecular weight is 1430 g/mol. The molecule has 394 valence electrons. The van der Waals surface area contributed by atoms with Crippen LogP contribution in [-0.4, -0.2) is 30.6 Å². The fourth-order valence-electron chi connectivity index (χ4n) is 11.7. The van der Waals surface area contributed by atoms with Crippen molar-refractivity contribution in [3.63, 3.8) is 0 Å². The summed E-state index contributed by atoms with van der Waals surface area (Å²) in [6.45, 7) is 0. The van der Waals surface area contributed by atoms with Crippen LogP contribution in [0.5, 0.6) is 0 Å². The molecule has 81 heavy (non-hydrogen) atoms. The average Bonchev–Trinajstić information content (AvgIpc) is 4.33. The van der Waals surface area contributed by atoms with E-state index in [0.29, 0.717) is 0 Å². The molecular weight excluding hydrogens is 1370 g/mol. The minimum Gasteiger partial charge on any atom is -0.355 e. The van der Waals surface area contributed by atoms with E-state index in [4.69, 9.17) is 0 Å². The number of hydrogen-bond donors (Lipinski definition) is 1. The lowest BCUT2D eigenvalue weighted by atomic mass is 10.1. The van der Waals surface area contributed by atoms with Crippen LogP contribution in [0.15, 0.2) is 324 Å². The number of fused-ring (bicyclic) bond motifs is 6. The molecule has 0 saturated carbocycles. The Kier molecular flexibility index (Phi) is 17.9. The maximum Gasteiger partial charge on any atom is 0.179 e. The quantitative estimate of drug-likeness (QED) is 0.0644. The van der Waals surface area contributed by atoms with Gasteiger partial charge < -0.3 is 9.55 Å². The summed E-state index contributed by atoms with van der Waals surface area (Å²) in [5, 5.41) is 16.3. The number of para-hydroxylation sites is 2. The van der Waals surface area contributed by atoms with E-state index >= 15 is 0 Å². The highest BCUT2D eigenvalue weighted by Crippen LogP contribution is 2.33. The van der Waals surface area contributed by atoms with Crippen LogP contribution >= 0.6 is 77.0 Å². The van der Waals surface area contributed by atoms with E-state index in [1.807, 2.05) is 17.1 Å². The van der Waals surface area contributed by atoms with Crippen molar-refractivity contribution in [1.29, 1.82) is 0 Å². The lowest BCUT2D eigenvalue weighted by Gasteiger charge is -2.34. The van der Waals surface area contributed by atoms with Crippen molar-refractivity contribution < 1.29 is 0 Å². The number of aromatic amines is 1. The van der Waals surface area contributed by atoms with Gasteiger partial charge in [0.1, 0.15) is 0 Å². The molecule has 14 rings (SSSR count). The maximum absolute atomic E-state index is 3.60. The Morgan fingerprint density at radius 3 is 1.06 bits per heavy atom. The number of alkyl halides is 1. The van der Waals surface area contributed by atoms with Crippen LogP contribution in [0.4, 0.5) is 0 Å². The lowest BCUT2D eigenvalue weighted by molar-refractivity contribution is 1.18. The summed E-state index contributed by atoms with van der Waals surface area (Å²) in [5.41, 5.74) is 5.98. The van der Waals surface area contributed by atoms with E-state index in [1.54, 1.807) is 0 Å². The third kappa shape index (κ3) is 11.3. The lowest BCUT2D eigenvalue weighted by Crippen LogP contribution is -2.74. The molecule has 2 nitrogen and oxygen atoms in total. The van der Waals surface area contributed by atoms with Crippen LogP contribution in [0, 0.1) is 3.57 Å². The van der Waals surface area contributed by atoms with E-state index in [0.717, 1.165) is 14.6 Å². The Morgan fingerprint density at radius 1 is 0.296 bits per heavy atom. The third-order valence-electron chi connectivity index (χ3n) is 15.2. The fourth-order valence-corrected chi connectivity index (χ4v) is 22.1. The van der Waals surface area contributed by atoms with Gasteiger partial charge in [-0.1, -0.05) is 297 Å². The van der Waals surface area contributed by atoms with Crippen molar-refractivity contribution in [2.75, 3.05) is 4.93 Å². The molecular formula is C73H56Br2I2N2Si2. The predicted octanol–water partition coefficient (Wildman–Crippen LogP) is 15.7. The van der Waals surface area contributed by atoms with Crippen LogP contribution in [-0.2, 0) is 0 Å². The zero-order chi connectivity index (χ0) is 55.6. The maximum atomic E-state index is 3.60. The zero-order valence-corrected chi connectivity index (χ0v) is 54.0. The summed E-state index contributed by atoms with van der Waals surface area (Å²) in [7, 11) is -5.09. The summed E-state index contributed by atoms with van der Waals surface area (Å²) in [4.78, 5) is 5.56. The topological polar surface area (TPSA) is 20.7 Å². The van der Waals surface area contributed by atoms with Gasteiger partial charge in [-0.05, 0) is 142 Å². The van der Waals surface area contributed by atoms with Crippen LogP contribution in [0.1, 0.15) is 0 Å². The van der Waals surface area contributed by atoms with Crippen LogP contribution in [0.25, 0.3) is 49.3 Å². The van der Waals surface area contributed by atoms with Gasteiger partial charge in [-0.25, -0.2) is 0 Å². The number of nitrogens with zero attached hydrogens (tertiary/aromatic N) is 1. The molecule has 0 unspecified atom stereocenters. The Hall–Kier alpha value is -6.91. The van der Waals surface area contributed by atoms with E-state index in [-0.39, 0.29) is 0 Å². The van der Waals surface area contributed by atoms with Crippen molar-refractivity contribution >= 4 is 178 Å². The number of nitrogens with one attached hydrogen (secondary N) is 1. The second-order valence-electron chi connectivity index (χ2n) is 19.6. The van der Waals surface area contributed by atoms with Gasteiger partial charge in [0.15, 0.2) is 16.1 Å². The first kappa shape index (κ1) is 56.0. The second-order valence-corrected chi connectivity index (χ2v) is 30.3. The van der Waals surface area contributed by atoms with E-state index in [9.17, 15) is 0 Å². The summed E-state index contributed by atoms with van der Waals surface area (Å²) in [6, 6.07) is 115. The highest BCUT2D eigenvalue weighted by atomic mass is 127. The molecule has 0 spiro atoms. The molecule has 2 heterocycles. The van der Waals surface area contributed by atoms with Gasteiger partial charge >= 0.3 is 0 Å². The first-order chi connectivity index (χ1) is 39.9. The van der Waals surface area contributed by atoms with Gasteiger partial charge in [-0.3, -0.25) is 0 Å². The standard InChI is InChI=1S/C36H26BrNSi.C30H23NSi.C6H4BrI.CH3I/c37-27-20-22-28(23-21-27)38-35-19-11-10-18-33(35)34-26-32(24-25-36(34)38)39(29-12-4-1-5-13-29,30-14-6-2-7-15-30)31-16-8-3-9-17-31;1-4-12-23(13-5-1)32(24-14-6-2-7-15-24,25-16-8-3-9-17-25)26-20-21-30-28(22-26)27-18-10-11-19-29(27)31-30;7-5-1-3-6(8)4-2-5;1-2/h1-26H;1-22,31H;1-4H;1H3. The number of H-pyrrole nitrogens is 1. The highest BCUT2D eigenvalue weighted by molar-refractivity contribution is 14.1. The minimum absolute atomic E-state index is 1.08. The van der Waals surface area contributed by atoms with Crippen LogP contribution in [0.2, 0.25) is 0 Å². The number of aromatic nitrogens is 2. The zero-order valence-electron chi connectivity index (χ0n) is 44.5. The molecule has 2 aromatic heterocycles. The number of halogens is 4. The van der Waals surface area contributed by atoms with Gasteiger partial charge in [0.2, 0.25) is 0 Å². The predicted molar refractivity (Wildman–Crippen MR) is 378 cm³/mol. The van der Waals surface area contributed by atoms with Crippen LogP contribution < -0.4 is 41.5 Å². The Bertz CT molecular complexity index is 4100. The van der Waals surface area contributed by atoms with Crippen molar-refractivity contribution in [3.8, 4) is 5.69 Å². The van der Waals surface area contributed by atoms with E-state index in [1.165, 1.54) is 88.7 Å². The monoisotopic (exact) mass is 1430 g/mol. The van der Waals surface area contributed by atoms with Gasteiger partial charge in [0, 0.05) is 50.8 Å². The molecule has 0 bridgehead atoms. The van der Waals surface area contributed by atoms with Gasteiger partial charge in [0.25, 0.3) is 0 Å². The summed E-state index contributed by atoms with van der Waals surface area (Å²) < 4.78 is 5.87. The molecule has 0 fully saturated rings. The van der Waals surface area contributed by atoms with Crippen molar-refractivity contribution in [2.24, 2.45) is 0 Å². The molecule has 12 aromatic carbocycles. The Labute approximate surface area is 521 Å². The summed E-state index contributed by atoms with van der Waals surface area (Å²) >= 11 is 11.4. The first-order valence-corrected chi connectivity index (χ1v) is 35.7. The molecule has 0 aliphatic carbocycles. The molecule has 0 saturated heterocycles. The number of hydrogen-bond acceptors (Lipinski definition) is 0. The Balaban J connectivity index is 0.000000148. The summed E-state index contributed by atoms with van der Waals surface area (Å²) in [6.07, 6.45) is 0. The molecule has 1 N–H and O–H groups in total. The third-order valence-corrected chi connectivity index (χ3v) is 26.5. The molecule has 0 atom stereocenters. The summed E-state index contributed by atoms with van der Waals surface area (Å²) in [5.74, 6) is 0.